The Bertz CT molecular complexity index is 221. The van der Waals surface area contributed by atoms with Gasteiger partial charge in [-0.15, -0.1) is 0 Å². The Balaban J connectivity index is 0.000000810. The highest BCUT2D eigenvalue weighted by Gasteiger charge is 1.78. The Hall–Kier alpha value is -0.570. The molecule has 0 saturated heterocycles. The predicted octanol–water partition coefficient (Wildman–Crippen LogP) is -2.01. The first-order chi connectivity index (χ1) is 4.33. The Morgan fingerprint density at radius 2 is 1.90 bits per heavy atom. The average molecular weight is 202 g/mol. The molecule has 0 atom stereocenters. The third-order valence-corrected chi connectivity index (χ3v) is 1.26. The lowest BCUT2D eigenvalue weighted by Gasteiger charge is -1.97. The molecule has 0 aliphatic rings. The highest BCUT2D eigenvalue weighted by Crippen LogP contribution is 1.80. The number of aryl methyl sites for hydroxylation is 1. The third kappa shape index (κ3) is 2.35. The second-order valence-corrected chi connectivity index (χ2v) is 1.92. The first-order valence-electron chi connectivity index (χ1n) is 3.03. The highest BCUT2D eigenvalue weighted by atomic mass is 79.9. The Labute approximate surface area is 70.8 Å². The Morgan fingerprint density at radius 1 is 1.40 bits per heavy atom. The second kappa shape index (κ2) is 4.28. The van der Waals surface area contributed by atoms with Gasteiger partial charge in [0.15, 0.2) is 0 Å². The van der Waals surface area contributed by atoms with Crippen LogP contribution in [-0.2, 0) is 6.54 Å². The molecule has 1 heterocycles. The van der Waals surface area contributed by atoms with Crippen LogP contribution in [0, 0.1) is 5.41 Å². The van der Waals surface area contributed by atoms with Gasteiger partial charge >= 0.3 is 0 Å². The summed E-state index contributed by atoms with van der Waals surface area (Å²) >= 11 is 0. The van der Waals surface area contributed by atoms with Crippen LogP contribution in [0.15, 0.2) is 24.5 Å². The maximum absolute atomic E-state index is 7.15. The van der Waals surface area contributed by atoms with E-state index in [0.29, 0.717) is 5.36 Å². The van der Waals surface area contributed by atoms with Crippen LogP contribution in [0.2, 0.25) is 0 Å². The molecular formula is C7H10BrN2-. The fourth-order valence-corrected chi connectivity index (χ4v) is 0.668. The van der Waals surface area contributed by atoms with Crippen LogP contribution in [-0.4, -0.2) is 4.57 Å². The van der Waals surface area contributed by atoms with Gasteiger partial charge in [0, 0.05) is 18.9 Å². The van der Waals surface area contributed by atoms with E-state index in [4.69, 9.17) is 5.41 Å². The van der Waals surface area contributed by atoms with E-state index in [0.717, 1.165) is 6.54 Å². The summed E-state index contributed by atoms with van der Waals surface area (Å²) in [6, 6.07) is 3.56. The Kier molecular flexibility index (Phi) is 4.03. The van der Waals surface area contributed by atoms with Gasteiger partial charge in [-0.1, -0.05) is 0 Å². The Morgan fingerprint density at radius 3 is 2.30 bits per heavy atom. The number of aromatic nitrogens is 1. The van der Waals surface area contributed by atoms with Crippen molar-refractivity contribution in [3.63, 3.8) is 0 Å². The molecule has 56 valence electrons. The summed E-state index contributed by atoms with van der Waals surface area (Å²) in [5.41, 5.74) is 0. The number of halogens is 1. The predicted molar refractivity (Wildman–Crippen MR) is 36.0 cm³/mol. The molecule has 0 aliphatic heterocycles. The number of hydrogen-bond donors (Lipinski definition) is 1. The number of nitrogens with one attached hydrogen (secondary N) is 1. The van der Waals surface area contributed by atoms with E-state index in [-0.39, 0.29) is 17.0 Å². The molecule has 10 heavy (non-hydrogen) atoms. The number of hydrogen-bond acceptors (Lipinski definition) is 1. The van der Waals surface area contributed by atoms with Gasteiger partial charge in [0.2, 0.25) is 0 Å². The fourth-order valence-electron chi connectivity index (χ4n) is 0.668. The maximum Gasteiger partial charge on any atom is 0.0568 e. The van der Waals surface area contributed by atoms with Crippen LogP contribution < -0.4 is 22.3 Å². The van der Waals surface area contributed by atoms with Crippen LogP contribution in [0.3, 0.4) is 0 Å². The molecule has 0 unspecified atom stereocenters. The molecule has 0 fully saturated rings. The van der Waals surface area contributed by atoms with Gasteiger partial charge in [-0.25, -0.2) is 0 Å². The van der Waals surface area contributed by atoms with Crippen molar-refractivity contribution < 1.29 is 17.0 Å². The molecule has 1 rings (SSSR count). The molecule has 0 amide bonds. The van der Waals surface area contributed by atoms with Crippen molar-refractivity contribution in [2.24, 2.45) is 0 Å². The molecule has 0 aromatic carbocycles. The summed E-state index contributed by atoms with van der Waals surface area (Å²) in [5.74, 6) is 0. The highest BCUT2D eigenvalue weighted by molar-refractivity contribution is 4.90. The minimum absolute atomic E-state index is 0. The lowest BCUT2D eigenvalue weighted by Crippen LogP contribution is -3.00. The third-order valence-electron chi connectivity index (χ3n) is 1.26. The minimum Gasteiger partial charge on any atom is -1.00 e. The van der Waals surface area contributed by atoms with Crippen molar-refractivity contribution in [2.45, 2.75) is 13.5 Å². The van der Waals surface area contributed by atoms with E-state index >= 15 is 0 Å². The van der Waals surface area contributed by atoms with Crippen LogP contribution >= 0.6 is 0 Å². The van der Waals surface area contributed by atoms with Crippen LogP contribution in [0.5, 0.6) is 0 Å². The monoisotopic (exact) mass is 201 g/mol. The van der Waals surface area contributed by atoms with Crippen molar-refractivity contribution in [3.05, 3.63) is 29.9 Å². The summed E-state index contributed by atoms with van der Waals surface area (Å²) in [6.07, 6.45) is 3.81. The molecular weight excluding hydrogens is 192 g/mol. The maximum atomic E-state index is 7.15. The van der Waals surface area contributed by atoms with Gasteiger partial charge in [0.25, 0.3) is 0 Å². The molecule has 0 radical (unpaired) electrons. The first-order valence-corrected chi connectivity index (χ1v) is 3.03. The van der Waals surface area contributed by atoms with Crippen LogP contribution in [0.25, 0.3) is 0 Å². The van der Waals surface area contributed by atoms with Gasteiger partial charge in [-0.05, 0) is 19.1 Å². The largest absolute Gasteiger partial charge is 1.00 e. The van der Waals surface area contributed by atoms with Crippen molar-refractivity contribution in [3.8, 4) is 0 Å². The van der Waals surface area contributed by atoms with Gasteiger partial charge in [0.1, 0.15) is 0 Å². The zero-order chi connectivity index (χ0) is 6.69. The molecule has 0 aliphatic carbocycles. The average Bonchev–Trinajstić information content (AvgIpc) is 1.90. The molecule has 0 saturated carbocycles. The standard InChI is InChI=1S/C7H10N2.BrH/c1-2-9-5-3-7(8)4-6-9;/h3-6,8H,2H2,1H3;1H/p-1. The zero-order valence-corrected chi connectivity index (χ0v) is 7.43. The summed E-state index contributed by atoms with van der Waals surface area (Å²) in [7, 11) is 0. The van der Waals surface area contributed by atoms with Crippen molar-refractivity contribution in [1.29, 1.82) is 5.41 Å². The SMILES string of the molecule is CCn1ccc(=N)cc1.[Br-]. The zero-order valence-electron chi connectivity index (χ0n) is 5.84. The van der Waals surface area contributed by atoms with E-state index in [1.807, 2.05) is 17.0 Å². The lowest BCUT2D eigenvalue weighted by molar-refractivity contribution is -0.00000219. The fraction of sp³-hybridized carbons (Fsp3) is 0.286. The molecule has 1 N–H and O–H groups in total. The molecule has 3 heteroatoms. The van der Waals surface area contributed by atoms with Crippen molar-refractivity contribution in [2.75, 3.05) is 0 Å². The lowest BCUT2D eigenvalue weighted by atomic mass is 10.4. The first kappa shape index (κ1) is 9.43. The van der Waals surface area contributed by atoms with Gasteiger partial charge in [0.05, 0.1) is 5.36 Å². The summed E-state index contributed by atoms with van der Waals surface area (Å²) < 4.78 is 2.03. The molecule has 0 bridgehead atoms. The molecule has 1 aromatic heterocycles. The van der Waals surface area contributed by atoms with Crippen LogP contribution in [0.1, 0.15) is 6.92 Å². The molecule has 0 spiro atoms. The van der Waals surface area contributed by atoms with Gasteiger partial charge in [-0.3, -0.25) is 0 Å². The minimum atomic E-state index is 0. The summed E-state index contributed by atoms with van der Waals surface area (Å²) in [6.45, 7) is 3.05. The van der Waals surface area contributed by atoms with Gasteiger partial charge < -0.3 is 27.0 Å². The van der Waals surface area contributed by atoms with Crippen molar-refractivity contribution in [1.82, 2.24) is 4.57 Å². The van der Waals surface area contributed by atoms with Crippen molar-refractivity contribution >= 4 is 0 Å². The van der Waals surface area contributed by atoms with E-state index in [1.165, 1.54) is 0 Å². The topological polar surface area (TPSA) is 28.8 Å². The number of nitrogens with zero attached hydrogens (tertiary/aromatic N) is 1. The van der Waals surface area contributed by atoms with Gasteiger partial charge in [-0.2, -0.15) is 0 Å². The number of rotatable bonds is 1. The smallest absolute Gasteiger partial charge is 0.0568 e. The van der Waals surface area contributed by atoms with Crippen LogP contribution in [0.4, 0.5) is 0 Å². The second-order valence-electron chi connectivity index (χ2n) is 1.92. The summed E-state index contributed by atoms with van der Waals surface area (Å²) in [5, 5.41) is 7.72. The van der Waals surface area contributed by atoms with E-state index < -0.39 is 0 Å². The molecule has 1 aromatic rings. The normalized spacial score (nSPS) is 8.50. The molecule has 2 nitrogen and oxygen atoms in total. The quantitative estimate of drug-likeness (QED) is 0.545. The van der Waals surface area contributed by atoms with E-state index in [2.05, 4.69) is 6.92 Å². The summed E-state index contributed by atoms with van der Waals surface area (Å²) in [4.78, 5) is 0. The van der Waals surface area contributed by atoms with E-state index in [1.54, 1.807) is 12.1 Å². The van der Waals surface area contributed by atoms with E-state index in [9.17, 15) is 0 Å². The number of pyridine rings is 1.